The summed E-state index contributed by atoms with van der Waals surface area (Å²) in [5.74, 6) is 0. The first-order chi connectivity index (χ1) is 3.80. The van der Waals surface area contributed by atoms with E-state index in [9.17, 15) is 10.1 Å². The minimum Gasteiger partial charge on any atom is -0.263 e. The fourth-order valence-electron chi connectivity index (χ4n) is 0.846. The highest BCUT2D eigenvalue weighted by Gasteiger charge is 2.22. The van der Waals surface area contributed by atoms with Gasteiger partial charge in [-0.2, -0.15) is 0 Å². The van der Waals surface area contributed by atoms with Crippen molar-refractivity contribution in [3.05, 3.63) is 10.1 Å². The lowest BCUT2D eigenvalue weighted by molar-refractivity contribution is -0.526. The molecule has 1 unspecified atom stereocenters. The SMILES string of the molecule is O=[N+]([O-])C1CCCN1. The van der Waals surface area contributed by atoms with E-state index in [-0.39, 0.29) is 4.92 Å². The molecule has 1 atom stereocenters. The molecule has 1 heterocycles. The van der Waals surface area contributed by atoms with E-state index < -0.39 is 6.17 Å². The molecule has 4 nitrogen and oxygen atoms in total. The second-order valence-electron chi connectivity index (χ2n) is 1.90. The lowest BCUT2D eigenvalue weighted by Crippen LogP contribution is -2.29. The Morgan fingerprint density at radius 1 is 1.75 bits per heavy atom. The molecular weight excluding hydrogens is 108 g/mol. The maximum Gasteiger partial charge on any atom is 0.266 e. The third-order valence-corrected chi connectivity index (χ3v) is 1.29. The van der Waals surface area contributed by atoms with E-state index in [4.69, 9.17) is 0 Å². The Morgan fingerprint density at radius 3 is 2.75 bits per heavy atom. The van der Waals surface area contributed by atoms with Crippen LogP contribution in [0.4, 0.5) is 0 Å². The van der Waals surface area contributed by atoms with Gasteiger partial charge in [0.2, 0.25) is 0 Å². The molecule has 0 spiro atoms. The van der Waals surface area contributed by atoms with Gasteiger partial charge < -0.3 is 0 Å². The second kappa shape index (κ2) is 2.09. The normalized spacial score (nSPS) is 28.2. The summed E-state index contributed by atoms with van der Waals surface area (Å²) < 4.78 is 0. The number of hydrogen-bond acceptors (Lipinski definition) is 3. The Hall–Kier alpha value is -0.640. The summed E-state index contributed by atoms with van der Waals surface area (Å²) in [5.41, 5.74) is 0. The van der Waals surface area contributed by atoms with Gasteiger partial charge >= 0.3 is 0 Å². The van der Waals surface area contributed by atoms with Gasteiger partial charge in [0.1, 0.15) is 0 Å². The average Bonchev–Trinajstić information content (AvgIpc) is 2.12. The lowest BCUT2D eigenvalue weighted by Gasteiger charge is -1.96. The molecule has 1 aliphatic heterocycles. The largest absolute Gasteiger partial charge is 0.266 e. The molecule has 8 heavy (non-hydrogen) atoms. The van der Waals surface area contributed by atoms with Crippen LogP contribution in [0, 0.1) is 10.1 Å². The van der Waals surface area contributed by atoms with Gasteiger partial charge in [-0.25, -0.2) is 0 Å². The Kier molecular flexibility index (Phi) is 1.43. The third-order valence-electron chi connectivity index (χ3n) is 1.29. The highest BCUT2D eigenvalue weighted by Crippen LogP contribution is 2.03. The van der Waals surface area contributed by atoms with Crippen molar-refractivity contribution in [2.75, 3.05) is 6.54 Å². The van der Waals surface area contributed by atoms with Crippen molar-refractivity contribution in [3.63, 3.8) is 0 Å². The zero-order chi connectivity index (χ0) is 5.98. The Labute approximate surface area is 47.0 Å². The van der Waals surface area contributed by atoms with Crippen molar-refractivity contribution in [1.29, 1.82) is 0 Å². The van der Waals surface area contributed by atoms with E-state index in [0.717, 1.165) is 13.0 Å². The van der Waals surface area contributed by atoms with E-state index in [1.165, 1.54) is 0 Å². The number of hydrogen-bond donors (Lipinski definition) is 1. The van der Waals surface area contributed by atoms with E-state index in [1.54, 1.807) is 0 Å². The van der Waals surface area contributed by atoms with Gasteiger partial charge in [0.15, 0.2) is 0 Å². The summed E-state index contributed by atoms with van der Waals surface area (Å²) in [6, 6.07) is 0. The summed E-state index contributed by atoms with van der Waals surface area (Å²) in [6.45, 7) is 0.797. The highest BCUT2D eigenvalue weighted by atomic mass is 16.6. The molecular formula is C4H8N2O2. The maximum atomic E-state index is 9.94. The van der Waals surface area contributed by atoms with E-state index in [0.29, 0.717) is 6.42 Å². The van der Waals surface area contributed by atoms with E-state index in [2.05, 4.69) is 5.32 Å². The molecule has 0 aromatic rings. The van der Waals surface area contributed by atoms with Crippen LogP contribution in [-0.2, 0) is 0 Å². The van der Waals surface area contributed by atoms with Gasteiger partial charge in [-0.05, 0) is 6.42 Å². The summed E-state index contributed by atoms with van der Waals surface area (Å²) in [6.07, 6.45) is 1.16. The smallest absolute Gasteiger partial charge is 0.263 e. The first-order valence-electron chi connectivity index (χ1n) is 2.67. The monoisotopic (exact) mass is 116 g/mol. The third kappa shape index (κ3) is 0.949. The minimum atomic E-state index is -0.463. The molecule has 0 amide bonds. The van der Waals surface area contributed by atoms with Crippen LogP contribution in [0.1, 0.15) is 12.8 Å². The molecule has 0 bridgehead atoms. The van der Waals surface area contributed by atoms with Crippen LogP contribution in [0.25, 0.3) is 0 Å². The van der Waals surface area contributed by atoms with Crippen LogP contribution in [0.2, 0.25) is 0 Å². The molecule has 0 aromatic heterocycles. The minimum absolute atomic E-state index is 0.271. The summed E-state index contributed by atoms with van der Waals surface area (Å²) in [7, 11) is 0. The van der Waals surface area contributed by atoms with Crippen molar-refractivity contribution in [1.82, 2.24) is 5.32 Å². The molecule has 1 aliphatic rings. The fourth-order valence-corrected chi connectivity index (χ4v) is 0.846. The Bertz CT molecular complexity index is 98.2. The summed E-state index contributed by atoms with van der Waals surface area (Å²) >= 11 is 0. The predicted molar refractivity (Wildman–Crippen MR) is 28.0 cm³/mol. The van der Waals surface area contributed by atoms with Crippen LogP contribution in [-0.4, -0.2) is 17.6 Å². The van der Waals surface area contributed by atoms with Crippen LogP contribution in [0.15, 0.2) is 0 Å². The van der Waals surface area contributed by atoms with E-state index >= 15 is 0 Å². The van der Waals surface area contributed by atoms with Crippen LogP contribution < -0.4 is 5.32 Å². The molecule has 0 radical (unpaired) electrons. The van der Waals surface area contributed by atoms with Crippen molar-refractivity contribution in [3.8, 4) is 0 Å². The molecule has 1 N–H and O–H groups in total. The zero-order valence-electron chi connectivity index (χ0n) is 4.46. The topological polar surface area (TPSA) is 55.2 Å². The van der Waals surface area contributed by atoms with Gasteiger partial charge in [-0.3, -0.25) is 15.4 Å². The first kappa shape index (κ1) is 5.50. The first-order valence-corrected chi connectivity index (χ1v) is 2.67. The van der Waals surface area contributed by atoms with Crippen LogP contribution in [0.3, 0.4) is 0 Å². The molecule has 0 saturated carbocycles. The molecule has 4 heteroatoms. The quantitative estimate of drug-likeness (QED) is 0.386. The highest BCUT2D eigenvalue weighted by molar-refractivity contribution is 4.63. The molecule has 1 rings (SSSR count). The standard InChI is InChI=1S/C4H8N2O2/c7-6(8)4-2-1-3-5-4/h4-5H,1-3H2. The van der Waals surface area contributed by atoms with Gasteiger partial charge in [0.25, 0.3) is 6.17 Å². The maximum absolute atomic E-state index is 9.94. The van der Waals surface area contributed by atoms with Gasteiger partial charge in [-0.1, -0.05) is 0 Å². The molecule has 0 aromatic carbocycles. The van der Waals surface area contributed by atoms with Gasteiger partial charge in [0.05, 0.1) is 0 Å². The Balaban J connectivity index is 2.35. The molecule has 46 valence electrons. The lowest BCUT2D eigenvalue weighted by atomic mass is 10.3. The predicted octanol–water partition coefficient (Wildman–Crippen LogP) is -0.0274. The molecule has 0 aliphatic carbocycles. The number of rotatable bonds is 1. The average molecular weight is 116 g/mol. The fraction of sp³-hybridized carbons (Fsp3) is 1.00. The van der Waals surface area contributed by atoms with Crippen molar-refractivity contribution < 1.29 is 4.92 Å². The summed E-state index contributed by atoms with van der Waals surface area (Å²) in [4.78, 5) is 9.67. The van der Waals surface area contributed by atoms with E-state index in [1.807, 2.05) is 0 Å². The van der Waals surface area contributed by atoms with Gasteiger partial charge in [-0.15, -0.1) is 0 Å². The van der Waals surface area contributed by atoms with Crippen molar-refractivity contribution in [2.45, 2.75) is 19.0 Å². The second-order valence-corrected chi connectivity index (χ2v) is 1.90. The zero-order valence-corrected chi connectivity index (χ0v) is 4.46. The number of nitrogens with one attached hydrogen (secondary N) is 1. The van der Waals surface area contributed by atoms with Crippen LogP contribution >= 0.6 is 0 Å². The molecule has 1 saturated heterocycles. The van der Waals surface area contributed by atoms with Crippen LogP contribution in [0.5, 0.6) is 0 Å². The van der Waals surface area contributed by atoms with Gasteiger partial charge in [0, 0.05) is 17.9 Å². The van der Waals surface area contributed by atoms with Crippen molar-refractivity contribution >= 4 is 0 Å². The number of nitrogens with zero attached hydrogens (tertiary/aromatic N) is 1. The summed E-state index contributed by atoms with van der Waals surface area (Å²) in [5, 5.41) is 12.7. The Morgan fingerprint density at radius 2 is 2.50 bits per heavy atom. The number of nitro groups is 1. The van der Waals surface area contributed by atoms with Crippen molar-refractivity contribution in [2.24, 2.45) is 0 Å². The molecule has 1 fully saturated rings.